The van der Waals surface area contributed by atoms with Crippen LogP contribution >= 0.6 is 0 Å². The van der Waals surface area contributed by atoms with Crippen molar-refractivity contribution in [3.8, 4) is 22.3 Å². The predicted octanol–water partition coefficient (Wildman–Crippen LogP) is 7.48. The number of nitrogens with two attached hydrogens (primary N) is 1. The first-order chi connectivity index (χ1) is 26.0. The molecule has 3 aromatic carbocycles. The SMILES string of the molecule is CCc1ccc(CCc2nc3cc(-c4c(C)noc4C)ccc3n2CCCS(C)(=O)=O)cc1.Cc1noc(C)c1-c1ccc(NCCCS(C)(=O)=O)c(N)c1. The van der Waals surface area contributed by atoms with Crippen molar-refractivity contribution in [1.82, 2.24) is 19.9 Å². The van der Waals surface area contributed by atoms with E-state index >= 15 is 0 Å². The topological polar surface area (TPSA) is 176 Å². The summed E-state index contributed by atoms with van der Waals surface area (Å²) in [4.78, 5) is 4.97. The van der Waals surface area contributed by atoms with Crippen LogP contribution in [-0.4, -0.2) is 67.3 Å². The molecule has 0 fully saturated rings. The van der Waals surface area contributed by atoms with Gasteiger partial charge in [-0.2, -0.15) is 0 Å². The van der Waals surface area contributed by atoms with E-state index in [1.54, 1.807) is 0 Å². The number of anilines is 2. The number of benzene rings is 3. The summed E-state index contributed by atoms with van der Waals surface area (Å²) in [6, 6.07) is 20.6. The van der Waals surface area contributed by atoms with E-state index in [9.17, 15) is 16.8 Å². The van der Waals surface area contributed by atoms with E-state index in [1.165, 1.54) is 23.6 Å². The standard InChI is InChI=1S/C26H31N3O3S.C15H21N3O3S/c1-5-20-7-9-21(10-8-20)11-14-25-27-23-17-22(26-18(2)28-32-19(26)3)12-13-24(23)29(25)15-6-16-33(4,30)31;1-10-15(11(2)21-18-10)12-5-6-14(13(16)9-12)17-7-4-8-22(3,19)20/h7-10,12-13,17H,5-6,11,14-16H2,1-4H3;5-6,9,17H,4,7-8,16H2,1-3H3. The summed E-state index contributed by atoms with van der Waals surface area (Å²) in [5.41, 5.74) is 17.6. The number of aryl methyl sites for hydroxylation is 8. The van der Waals surface area contributed by atoms with Crippen LogP contribution in [0.4, 0.5) is 11.4 Å². The lowest BCUT2D eigenvalue weighted by Crippen LogP contribution is -2.10. The molecule has 0 radical (unpaired) electrons. The molecule has 6 rings (SSSR count). The highest BCUT2D eigenvalue weighted by Gasteiger charge is 2.17. The zero-order chi connectivity index (χ0) is 39.9. The Hall–Kier alpha value is -4.95. The minimum Gasteiger partial charge on any atom is -0.397 e. The molecule has 14 heteroatoms. The molecule has 0 aliphatic carbocycles. The fourth-order valence-electron chi connectivity index (χ4n) is 6.69. The second-order valence-electron chi connectivity index (χ2n) is 14.1. The smallest absolute Gasteiger partial charge is 0.147 e. The van der Waals surface area contributed by atoms with Gasteiger partial charge in [0, 0.05) is 43.1 Å². The molecule has 0 bridgehead atoms. The van der Waals surface area contributed by atoms with Gasteiger partial charge in [0.2, 0.25) is 0 Å². The highest BCUT2D eigenvalue weighted by Crippen LogP contribution is 2.32. The summed E-state index contributed by atoms with van der Waals surface area (Å²) in [7, 11) is -5.93. The maximum absolute atomic E-state index is 11.7. The molecule has 0 aliphatic rings. The normalized spacial score (nSPS) is 11.8. The van der Waals surface area contributed by atoms with Gasteiger partial charge in [0.25, 0.3) is 0 Å². The number of fused-ring (bicyclic) bond motifs is 1. The number of nitrogens with zero attached hydrogens (tertiary/aromatic N) is 4. The molecule has 0 unspecified atom stereocenters. The number of nitrogen functional groups attached to an aromatic ring is 1. The third kappa shape index (κ3) is 11.1. The van der Waals surface area contributed by atoms with Gasteiger partial charge in [0.15, 0.2) is 0 Å². The minimum absolute atomic E-state index is 0.164. The van der Waals surface area contributed by atoms with Gasteiger partial charge in [-0.25, -0.2) is 21.8 Å². The van der Waals surface area contributed by atoms with Gasteiger partial charge in [0.1, 0.15) is 37.0 Å². The van der Waals surface area contributed by atoms with Crippen LogP contribution in [0.25, 0.3) is 33.3 Å². The Kier molecular flexibility index (Phi) is 13.2. The Balaban J connectivity index is 0.000000229. The van der Waals surface area contributed by atoms with Gasteiger partial charge in [-0.1, -0.05) is 53.6 Å². The summed E-state index contributed by atoms with van der Waals surface area (Å²) >= 11 is 0. The van der Waals surface area contributed by atoms with Crippen LogP contribution in [0.1, 0.15) is 59.6 Å². The monoisotopic (exact) mass is 788 g/mol. The van der Waals surface area contributed by atoms with E-state index in [0.29, 0.717) is 31.6 Å². The van der Waals surface area contributed by atoms with Crippen LogP contribution in [0.15, 0.2) is 69.7 Å². The number of hydrogen-bond acceptors (Lipinski definition) is 11. The molecular formula is C41H52N6O6S2. The average molecular weight is 789 g/mol. The summed E-state index contributed by atoms with van der Waals surface area (Å²) in [6.45, 7) is 10.9. The Morgan fingerprint density at radius 2 is 1.29 bits per heavy atom. The summed E-state index contributed by atoms with van der Waals surface area (Å²) in [6.07, 6.45) is 6.34. The van der Waals surface area contributed by atoms with E-state index in [1.807, 2.05) is 45.9 Å². The zero-order valence-electron chi connectivity index (χ0n) is 32.8. The lowest BCUT2D eigenvalue weighted by Gasteiger charge is -2.11. The number of rotatable bonds is 15. The van der Waals surface area contributed by atoms with Crippen LogP contribution in [0.3, 0.4) is 0 Å². The van der Waals surface area contributed by atoms with Crippen LogP contribution in [0.5, 0.6) is 0 Å². The van der Waals surface area contributed by atoms with E-state index < -0.39 is 19.7 Å². The number of aromatic nitrogens is 4. The third-order valence-corrected chi connectivity index (χ3v) is 11.6. The van der Waals surface area contributed by atoms with Crippen LogP contribution in [0, 0.1) is 27.7 Å². The number of imidazole rings is 1. The Bertz CT molecular complexity index is 2430. The lowest BCUT2D eigenvalue weighted by atomic mass is 10.0. The maximum atomic E-state index is 11.7. The molecule has 12 nitrogen and oxygen atoms in total. The van der Waals surface area contributed by atoms with Gasteiger partial charge in [-0.15, -0.1) is 0 Å². The van der Waals surface area contributed by atoms with Gasteiger partial charge < -0.3 is 24.7 Å². The van der Waals surface area contributed by atoms with Gasteiger partial charge in [-0.3, -0.25) is 0 Å². The first-order valence-electron chi connectivity index (χ1n) is 18.4. The second kappa shape index (κ2) is 17.7. The van der Waals surface area contributed by atoms with Crippen molar-refractivity contribution >= 4 is 42.1 Å². The quantitative estimate of drug-likeness (QED) is 0.0779. The average Bonchev–Trinajstić information content (AvgIpc) is 3.77. The van der Waals surface area contributed by atoms with Crippen molar-refractivity contribution < 1.29 is 25.9 Å². The van der Waals surface area contributed by atoms with Crippen molar-refractivity contribution in [1.29, 1.82) is 0 Å². The number of sulfone groups is 2. The van der Waals surface area contributed by atoms with E-state index in [0.717, 1.165) is 87.0 Å². The van der Waals surface area contributed by atoms with Crippen LogP contribution in [-0.2, 0) is 45.5 Å². The van der Waals surface area contributed by atoms with Crippen molar-refractivity contribution in [2.75, 3.05) is 41.6 Å². The summed E-state index contributed by atoms with van der Waals surface area (Å²) in [5.74, 6) is 2.86. The van der Waals surface area contributed by atoms with Crippen molar-refractivity contribution in [2.45, 2.75) is 73.3 Å². The zero-order valence-corrected chi connectivity index (χ0v) is 34.4. The summed E-state index contributed by atoms with van der Waals surface area (Å²) < 4.78 is 58.2. The van der Waals surface area contributed by atoms with Crippen molar-refractivity contribution in [3.63, 3.8) is 0 Å². The largest absolute Gasteiger partial charge is 0.397 e. The molecule has 0 spiro atoms. The maximum Gasteiger partial charge on any atom is 0.147 e. The molecule has 3 aromatic heterocycles. The summed E-state index contributed by atoms with van der Waals surface area (Å²) in [5, 5.41) is 11.2. The van der Waals surface area contributed by atoms with E-state index in [4.69, 9.17) is 19.8 Å². The van der Waals surface area contributed by atoms with E-state index in [2.05, 4.69) is 69.6 Å². The Morgan fingerprint density at radius 3 is 1.84 bits per heavy atom. The fraction of sp³-hybridized carbons (Fsp3) is 0.390. The molecule has 0 saturated heterocycles. The predicted molar refractivity (Wildman–Crippen MR) is 221 cm³/mol. The second-order valence-corrected chi connectivity index (χ2v) is 18.7. The molecule has 55 heavy (non-hydrogen) atoms. The van der Waals surface area contributed by atoms with E-state index in [-0.39, 0.29) is 11.5 Å². The molecule has 0 aliphatic heterocycles. The lowest BCUT2D eigenvalue weighted by molar-refractivity contribution is 0.393. The molecule has 3 heterocycles. The molecule has 0 atom stereocenters. The molecule has 6 aromatic rings. The van der Waals surface area contributed by atoms with Gasteiger partial charge in [-0.05, 0) is 99.9 Å². The van der Waals surface area contributed by atoms with Crippen molar-refractivity contribution in [2.24, 2.45) is 0 Å². The molecule has 0 saturated carbocycles. The Morgan fingerprint density at radius 1 is 0.727 bits per heavy atom. The van der Waals surface area contributed by atoms with Gasteiger partial charge >= 0.3 is 0 Å². The van der Waals surface area contributed by atoms with Gasteiger partial charge in [0.05, 0.1) is 45.3 Å². The molecule has 0 amide bonds. The van der Waals surface area contributed by atoms with Crippen molar-refractivity contribution in [3.05, 3.63) is 101 Å². The molecule has 294 valence electrons. The van der Waals surface area contributed by atoms with Crippen LogP contribution in [0.2, 0.25) is 0 Å². The third-order valence-electron chi connectivity index (χ3n) is 9.50. The highest BCUT2D eigenvalue weighted by atomic mass is 32.2. The minimum atomic E-state index is -3.00. The molecular weight excluding hydrogens is 737 g/mol. The molecule has 3 N–H and O–H groups in total. The first kappa shape index (κ1) is 41.2. The number of nitrogens with one attached hydrogen (secondary N) is 1. The first-order valence-corrected chi connectivity index (χ1v) is 22.6. The highest BCUT2D eigenvalue weighted by molar-refractivity contribution is 7.90. The number of hydrogen-bond donors (Lipinski definition) is 2. The fourth-order valence-corrected chi connectivity index (χ4v) is 8.01. The van der Waals surface area contributed by atoms with Crippen LogP contribution < -0.4 is 11.1 Å². The Labute approximate surface area is 324 Å².